The number of hydrogen-bond acceptors (Lipinski definition) is 2. The molecule has 1 N–H and O–H groups in total. The van der Waals surface area contributed by atoms with E-state index in [1.54, 1.807) is 24.3 Å². The Labute approximate surface area is 208 Å². The molecule has 1 aliphatic heterocycles. The van der Waals surface area contributed by atoms with Crippen molar-refractivity contribution in [2.45, 2.75) is 24.9 Å². The Morgan fingerprint density at radius 2 is 1.79 bits per heavy atom. The first kappa shape index (κ1) is 24.3. The third kappa shape index (κ3) is 4.70. The summed E-state index contributed by atoms with van der Waals surface area (Å²) in [4.78, 5) is 13.1. The van der Waals surface area contributed by atoms with Crippen LogP contribution in [0.5, 0.6) is 0 Å². The molecular formula is C25H20BrClF3N3O. The highest BCUT2D eigenvalue weighted by molar-refractivity contribution is 9.10. The van der Waals surface area contributed by atoms with Gasteiger partial charge >= 0.3 is 12.2 Å². The molecular weight excluding hydrogens is 531 g/mol. The number of halogens is 5. The summed E-state index contributed by atoms with van der Waals surface area (Å²) in [6.45, 7) is 2.19. The largest absolute Gasteiger partial charge is 0.417 e. The van der Waals surface area contributed by atoms with Crippen LogP contribution in [-0.4, -0.2) is 23.3 Å². The van der Waals surface area contributed by atoms with E-state index in [0.717, 1.165) is 16.1 Å². The third-order valence-electron chi connectivity index (χ3n) is 5.90. The maximum atomic E-state index is 13.3. The first-order valence-electron chi connectivity index (χ1n) is 10.5. The average Bonchev–Trinajstić information content (AvgIpc) is 3.21. The van der Waals surface area contributed by atoms with Gasteiger partial charge in [-0.25, -0.2) is 9.80 Å². The minimum atomic E-state index is -4.56. The fourth-order valence-corrected chi connectivity index (χ4v) is 4.67. The van der Waals surface area contributed by atoms with Gasteiger partial charge in [0.2, 0.25) is 0 Å². The van der Waals surface area contributed by atoms with Gasteiger partial charge in [-0.1, -0.05) is 70.9 Å². The molecule has 1 atom stereocenters. The van der Waals surface area contributed by atoms with Crippen LogP contribution in [0, 0.1) is 0 Å². The van der Waals surface area contributed by atoms with Gasteiger partial charge in [0.25, 0.3) is 0 Å². The van der Waals surface area contributed by atoms with E-state index in [0.29, 0.717) is 23.4 Å². The zero-order chi connectivity index (χ0) is 24.5. The second kappa shape index (κ2) is 9.43. The lowest BCUT2D eigenvalue weighted by atomic mass is 9.72. The molecule has 34 heavy (non-hydrogen) atoms. The normalized spacial score (nSPS) is 18.1. The summed E-state index contributed by atoms with van der Waals surface area (Å²) in [6.07, 6.45) is -4.00. The van der Waals surface area contributed by atoms with E-state index in [-0.39, 0.29) is 6.54 Å². The number of urea groups is 1. The van der Waals surface area contributed by atoms with Crippen LogP contribution in [0.2, 0.25) is 5.02 Å². The quantitative estimate of drug-likeness (QED) is 0.355. The average molecular weight is 551 g/mol. The number of nitrogens with zero attached hydrogens (tertiary/aromatic N) is 2. The molecule has 2 amide bonds. The number of carbonyl (C=O) groups is 1. The number of amides is 2. The van der Waals surface area contributed by atoms with Gasteiger partial charge in [0.05, 0.1) is 28.3 Å². The van der Waals surface area contributed by atoms with Gasteiger partial charge < -0.3 is 5.32 Å². The van der Waals surface area contributed by atoms with Gasteiger partial charge in [-0.3, -0.25) is 0 Å². The summed E-state index contributed by atoms with van der Waals surface area (Å²) in [7, 11) is 0. The van der Waals surface area contributed by atoms with Crippen molar-refractivity contribution < 1.29 is 18.0 Å². The molecule has 1 unspecified atom stereocenters. The van der Waals surface area contributed by atoms with Crippen molar-refractivity contribution in [3.05, 3.63) is 99.0 Å². The lowest BCUT2D eigenvalue weighted by Crippen LogP contribution is -2.40. The second-order valence-corrected chi connectivity index (χ2v) is 9.26. The molecule has 1 aliphatic rings. The first-order chi connectivity index (χ1) is 16.1. The zero-order valence-corrected chi connectivity index (χ0v) is 20.4. The molecule has 0 aromatic heterocycles. The molecule has 176 valence electrons. The van der Waals surface area contributed by atoms with E-state index in [1.165, 1.54) is 17.1 Å². The molecule has 0 radical (unpaired) electrons. The first-order valence-corrected chi connectivity index (χ1v) is 11.7. The Morgan fingerprint density at radius 3 is 2.38 bits per heavy atom. The van der Waals surface area contributed by atoms with Crippen LogP contribution in [0.4, 0.5) is 23.7 Å². The summed E-state index contributed by atoms with van der Waals surface area (Å²) in [5.74, 6) is 0. The van der Waals surface area contributed by atoms with Crippen molar-refractivity contribution in [3.8, 4) is 0 Å². The monoisotopic (exact) mass is 549 g/mol. The third-order valence-corrected chi connectivity index (χ3v) is 6.74. The van der Waals surface area contributed by atoms with Crippen LogP contribution in [0.3, 0.4) is 0 Å². The fourth-order valence-electron chi connectivity index (χ4n) is 4.12. The summed E-state index contributed by atoms with van der Waals surface area (Å²) < 4.78 is 40.7. The van der Waals surface area contributed by atoms with E-state index < -0.39 is 28.2 Å². The van der Waals surface area contributed by atoms with E-state index in [4.69, 9.17) is 11.6 Å². The van der Waals surface area contributed by atoms with Gasteiger partial charge in [-0.15, -0.1) is 0 Å². The van der Waals surface area contributed by atoms with Crippen molar-refractivity contribution in [3.63, 3.8) is 0 Å². The fraction of sp³-hybridized carbons (Fsp3) is 0.200. The molecule has 0 bridgehead atoms. The molecule has 0 aliphatic carbocycles. The van der Waals surface area contributed by atoms with Gasteiger partial charge in [0.1, 0.15) is 0 Å². The van der Waals surface area contributed by atoms with E-state index in [9.17, 15) is 18.0 Å². The zero-order valence-electron chi connectivity index (χ0n) is 18.0. The van der Waals surface area contributed by atoms with Crippen LogP contribution >= 0.6 is 27.5 Å². The summed E-state index contributed by atoms with van der Waals surface area (Å²) >= 11 is 9.38. The predicted octanol–water partition coefficient (Wildman–Crippen LogP) is 7.72. The maximum absolute atomic E-state index is 13.3. The summed E-state index contributed by atoms with van der Waals surface area (Å²) in [6, 6.07) is 19.8. The Bertz CT molecular complexity index is 1230. The molecule has 9 heteroatoms. The minimum absolute atomic E-state index is 0.226. The number of alkyl halides is 3. The number of benzene rings is 3. The van der Waals surface area contributed by atoms with Crippen LogP contribution in [-0.2, 0) is 11.6 Å². The van der Waals surface area contributed by atoms with Gasteiger partial charge in [0, 0.05) is 15.7 Å². The van der Waals surface area contributed by atoms with Crippen LogP contribution in [0.1, 0.15) is 30.0 Å². The standard InChI is InChI=1S/C25H20BrClF3N3O/c1-2-24(17-6-4-3-5-7-17)15-33(23(34)31-19-11-9-18(26)10-12-19)32-22(24)16-8-13-20(21(27)14-16)25(28,29)30/h3-14H,2,15H2,1H3,(H,31,34). The molecule has 0 saturated carbocycles. The van der Waals surface area contributed by atoms with Crippen LogP contribution in [0.25, 0.3) is 0 Å². The van der Waals surface area contributed by atoms with Gasteiger partial charge in [-0.05, 0) is 48.4 Å². The number of nitrogens with one attached hydrogen (secondary N) is 1. The van der Waals surface area contributed by atoms with Crippen LogP contribution < -0.4 is 5.32 Å². The van der Waals surface area contributed by atoms with Crippen molar-refractivity contribution in [2.24, 2.45) is 5.10 Å². The molecule has 3 aromatic carbocycles. The minimum Gasteiger partial charge on any atom is -0.306 e. The molecule has 0 spiro atoms. The topological polar surface area (TPSA) is 44.7 Å². The SMILES string of the molecule is CCC1(c2ccccc2)CN(C(=O)Nc2ccc(Br)cc2)N=C1c1ccc(C(F)(F)F)c(Cl)c1. The number of anilines is 1. The predicted molar refractivity (Wildman–Crippen MR) is 131 cm³/mol. The van der Waals surface area contributed by atoms with Crippen molar-refractivity contribution >= 4 is 45.0 Å². The number of rotatable bonds is 4. The highest BCUT2D eigenvalue weighted by Crippen LogP contribution is 2.41. The van der Waals surface area contributed by atoms with Crippen molar-refractivity contribution in [1.29, 1.82) is 0 Å². The van der Waals surface area contributed by atoms with Gasteiger partial charge in [-0.2, -0.15) is 18.3 Å². The highest BCUT2D eigenvalue weighted by Gasteiger charge is 2.45. The highest BCUT2D eigenvalue weighted by atomic mass is 79.9. The number of hydrogen-bond donors (Lipinski definition) is 1. The Morgan fingerprint density at radius 1 is 1.12 bits per heavy atom. The number of hydrazone groups is 1. The van der Waals surface area contributed by atoms with Crippen molar-refractivity contribution in [2.75, 3.05) is 11.9 Å². The smallest absolute Gasteiger partial charge is 0.306 e. The Kier molecular flexibility index (Phi) is 6.73. The molecule has 0 fully saturated rings. The van der Waals surface area contributed by atoms with E-state index in [1.807, 2.05) is 37.3 Å². The van der Waals surface area contributed by atoms with E-state index >= 15 is 0 Å². The molecule has 4 nitrogen and oxygen atoms in total. The van der Waals surface area contributed by atoms with Crippen LogP contribution in [0.15, 0.2) is 82.4 Å². The van der Waals surface area contributed by atoms with Gasteiger partial charge in [0.15, 0.2) is 0 Å². The van der Waals surface area contributed by atoms with E-state index in [2.05, 4.69) is 26.3 Å². The Hall–Kier alpha value is -2.84. The maximum Gasteiger partial charge on any atom is 0.417 e. The molecule has 0 saturated heterocycles. The second-order valence-electron chi connectivity index (χ2n) is 7.94. The molecule has 4 rings (SSSR count). The van der Waals surface area contributed by atoms with Crippen molar-refractivity contribution in [1.82, 2.24) is 5.01 Å². The molecule has 1 heterocycles. The Balaban J connectivity index is 1.76. The number of carbonyl (C=O) groups excluding carboxylic acids is 1. The summed E-state index contributed by atoms with van der Waals surface area (Å²) in [5, 5.41) is 8.32. The lowest BCUT2D eigenvalue weighted by Gasteiger charge is -2.30. The molecule has 3 aromatic rings. The lowest BCUT2D eigenvalue weighted by molar-refractivity contribution is -0.137. The summed E-state index contributed by atoms with van der Waals surface area (Å²) in [5.41, 5.74) is 0.789.